The zero-order valence-corrected chi connectivity index (χ0v) is 9.93. The second-order valence-corrected chi connectivity index (χ2v) is 4.72. The molecule has 1 fully saturated rings. The molecule has 6 heteroatoms. The van der Waals surface area contributed by atoms with Gasteiger partial charge in [-0.15, -0.1) is 0 Å². The maximum Gasteiger partial charge on any atom is 0.471 e. The third-order valence-electron chi connectivity index (χ3n) is 3.01. The molecule has 0 N–H and O–H groups in total. The van der Waals surface area contributed by atoms with Crippen LogP contribution in [0.1, 0.15) is 39.5 Å². The highest BCUT2D eigenvalue weighted by Crippen LogP contribution is 2.30. The summed E-state index contributed by atoms with van der Waals surface area (Å²) >= 11 is 0. The third-order valence-corrected chi connectivity index (χ3v) is 3.01. The lowest BCUT2D eigenvalue weighted by Crippen LogP contribution is -2.52. The molecule has 1 amide bonds. The van der Waals surface area contributed by atoms with Crippen molar-refractivity contribution in [2.24, 2.45) is 0 Å². The lowest BCUT2D eigenvalue weighted by molar-refractivity contribution is -0.191. The smallest absolute Gasteiger partial charge is 0.329 e. The summed E-state index contributed by atoms with van der Waals surface area (Å²) in [7, 11) is 0. The summed E-state index contributed by atoms with van der Waals surface area (Å²) in [6, 6.07) is -1.20. The Balaban J connectivity index is 2.82. The SMILES string of the molecule is CC(C)N(C(=O)C(F)(F)F)C1CCCC(F)C1. The maximum atomic E-state index is 13.2. The maximum absolute atomic E-state index is 13.2. The normalized spacial score (nSPS) is 26.1. The van der Waals surface area contributed by atoms with Crippen molar-refractivity contribution in [3.05, 3.63) is 0 Å². The van der Waals surface area contributed by atoms with Crippen LogP contribution in [0, 0.1) is 0 Å². The average molecular weight is 255 g/mol. The van der Waals surface area contributed by atoms with E-state index < -0.39 is 30.3 Å². The number of carbonyl (C=O) groups excluding carboxylic acids is 1. The van der Waals surface area contributed by atoms with Crippen LogP contribution in [0.25, 0.3) is 0 Å². The molecule has 17 heavy (non-hydrogen) atoms. The highest BCUT2D eigenvalue weighted by molar-refractivity contribution is 5.82. The van der Waals surface area contributed by atoms with Crippen molar-refractivity contribution in [3.8, 4) is 0 Å². The van der Waals surface area contributed by atoms with E-state index in [1.165, 1.54) is 13.8 Å². The number of hydrogen-bond donors (Lipinski definition) is 0. The lowest BCUT2D eigenvalue weighted by Gasteiger charge is -2.38. The van der Waals surface area contributed by atoms with Gasteiger partial charge in [-0.25, -0.2) is 4.39 Å². The van der Waals surface area contributed by atoms with Crippen molar-refractivity contribution in [3.63, 3.8) is 0 Å². The van der Waals surface area contributed by atoms with E-state index in [9.17, 15) is 22.4 Å². The van der Waals surface area contributed by atoms with Crippen LogP contribution < -0.4 is 0 Å². The Labute approximate surface area is 98.0 Å². The van der Waals surface area contributed by atoms with Crippen LogP contribution in [0.5, 0.6) is 0 Å². The molecule has 0 aliphatic heterocycles. The molecule has 0 aromatic heterocycles. The fraction of sp³-hybridized carbons (Fsp3) is 0.909. The molecule has 1 aliphatic carbocycles. The first-order valence-corrected chi connectivity index (χ1v) is 5.77. The number of amides is 1. The first-order chi connectivity index (χ1) is 7.73. The number of halogens is 4. The van der Waals surface area contributed by atoms with Crippen LogP contribution in [0.4, 0.5) is 17.6 Å². The van der Waals surface area contributed by atoms with Gasteiger partial charge in [-0.1, -0.05) is 0 Å². The Morgan fingerprint density at radius 1 is 1.29 bits per heavy atom. The highest BCUT2D eigenvalue weighted by Gasteiger charge is 2.46. The summed E-state index contributed by atoms with van der Waals surface area (Å²) in [6.45, 7) is 3.04. The summed E-state index contributed by atoms with van der Waals surface area (Å²) in [5, 5.41) is 0. The fourth-order valence-electron chi connectivity index (χ4n) is 2.33. The van der Waals surface area contributed by atoms with Crippen LogP contribution in [0.15, 0.2) is 0 Å². The topological polar surface area (TPSA) is 20.3 Å². The van der Waals surface area contributed by atoms with Gasteiger partial charge in [0.15, 0.2) is 0 Å². The molecular formula is C11H17F4NO. The van der Waals surface area contributed by atoms with E-state index in [4.69, 9.17) is 0 Å². The van der Waals surface area contributed by atoms with Gasteiger partial charge in [0.05, 0.1) is 0 Å². The zero-order valence-electron chi connectivity index (χ0n) is 9.93. The van der Waals surface area contributed by atoms with Gasteiger partial charge in [0.1, 0.15) is 6.17 Å². The van der Waals surface area contributed by atoms with E-state index in [1.807, 2.05) is 0 Å². The van der Waals surface area contributed by atoms with E-state index >= 15 is 0 Å². The van der Waals surface area contributed by atoms with Crippen molar-refractivity contribution in [1.29, 1.82) is 0 Å². The second kappa shape index (κ2) is 5.23. The number of carbonyl (C=O) groups is 1. The molecule has 0 aromatic carbocycles. The van der Waals surface area contributed by atoms with Crippen LogP contribution in [-0.4, -0.2) is 35.2 Å². The van der Waals surface area contributed by atoms with E-state index in [0.29, 0.717) is 19.3 Å². The van der Waals surface area contributed by atoms with Crippen molar-refractivity contribution >= 4 is 5.91 Å². The highest BCUT2D eigenvalue weighted by atomic mass is 19.4. The summed E-state index contributed by atoms with van der Waals surface area (Å²) in [5.41, 5.74) is 0. The second-order valence-electron chi connectivity index (χ2n) is 4.72. The van der Waals surface area contributed by atoms with Crippen LogP contribution in [0.3, 0.4) is 0 Å². The average Bonchev–Trinajstić information content (AvgIpc) is 2.15. The largest absolute Gasteiger partial charge is 0.471 e. The monoisotopic (exact) mass is 255 g/mol. The molecule has 0 spiro atoms. The van der Waals surface area contributed by atoms with Crippen molar-refractivity contribution in [2.75, 3.05) is 0 Å². The Kier molecular flexibility index (Phi) is 4.38. The molecule has 2 unspecified atom stereocenters. The van der Waals surface area contributed by atoms with Crippen molar-refractivity contribution in [2.45, 2.75) is 64.0 Å². The minimum Gasteiger partial charge on any atom is -0.329 e. The molecule has 2 atom stereocenters. The molecule has 1 rings (SSSR count). The Bertz CT molecular complexity index is 277. The van der Waals surface area contributed by atoms with E-state index in [-0.39, 0.29) is 6.42 Å². The summed E-state index contributed by atoms with van der Waals surface area (Å²) in [6.07, 6.45) is -4.62. The molecule has 1 saturated carbocycles. The quantitative estimate of drug-likeness (QED) is 0.694. The van der Waals surface area contributed by atoms with Gasteiger partial charge in [-0.3, -0.25) is 4.79 Å². The Morgan fingerprint density at radius 2 is 1.88 bits per heavy atom. The standard InChI is InChI=1S/C11H17F4NO/c1-7(2)16(10(17)11(13,14)15)9-5-3-4-8(12)6-9/h7-9H,3-6H2,1-2H3. The summed E-state index contributed by atoms with van der Waals surface area (Å²) < 4.78 is 50.5. The van der Waals surface area contributed by atoms with Gasteiger partial charge in [0, 0.05) is 12.1 Å². The van der Waals surface area contributed by atoms with E-state index in [0.717, 1.165) is 4.90 Å². The predicted molar refractivity (Wildman–Crippen MR) is 55.2 cm³/mol. The predicted octanol–water partition coefficient (Wildman–Crippen LogP) is 3.07. The Morgan fingerprint density at radius 3 is 2.29 bits per heavy atom. The number of rotatable bonds is 2. The van der Waals surface area contributed by atoms with Crippen molar-refractivity contribution < 1.29 is 22.4 Å². The van der Waals surface area contributed by atoms with Crippen LogP contribution >= 0.6 is 0 Å². The minimum absolute atomic E-state index is 0.0139. The van der Waals surface area contributed by atoms with Gasteiger partial charge in [0.2, 0.25) is 0 Å². The van der Waals surface area contributed by atoms with Crippen molar-refractivity contribution in [1.82, 2.24) is 4.90 Å². The van der Waals surface area contributed by atoms with Gasteiger partial charge in [-0.2, -0.15) is 13.2 Å². The van der Waals surface area contributed by atoms with E-state index in [2.05, 4.69) is 0 Å². The molecule has 1 aliphatic rings. The third kappa shape index (κ3) is 3.57. The van der Waals surface area contributed by atoms with Gasteiger partial charge < -0.3 is 4.90 Å². The fourth-order valence-corrected chi connectivity index (χ4v) is 2.33. The first kappa shape index (κ1) is 14.3. The van der Waals surface area contributed by atoms with Crippen LogP contribution in [-0.2, 0) is 4.79 Å². The van der Waals surface area contributed by atoms with Gasteiger partial charge in [0.25, 0.3) is 0 Å². The summed E-state index contributed by atoms with van der Waals surface area (Å²) in [4.78, 5) is 12.1. The number of hydrogen-bond acceptors (Lipinski definition) is 1. The molecular weight excluding hydrogens is 238 g/mol. The molecule has 0 radical (unpaired) electrons. The minimum atomic E-state index is -4.88. The molecule has 2 nitrogen and oxygen atoms in total. The first-order valence-electron chi connectivity index (χ1n) is 5.77. The lowest BCUT2D eigenvalue weighted by atomic mass is 9.92. The molecule has 0 heterocycles. The molecule has 100 valence electrons. The summed E-state index contributed by atoms with van der Waals surface area (Å²) in [5.74, 6) is -1.85. The van der Waals surface area contributed by atoms with E-state index in [1.54, 1.807) is 0 Å². The number of alkyl halides is 4. The van der Waals surface area contributed by atoms with Gasteiger partial charge in [-0.05, 0) is 39.5 Å². The molecule has 0 bridgehead atoms. The molecule has 0 aromatic rings. The van der Waals surface area contributed by atoms with Crippen LogP contribution in [0.2, 0.25) is 0 Å². The number of nitrogens with zero attached hydrogens (tertiary/aromatic N) is 1. The van der Waals surface area contributed by atoms with Gasteiger partial charge >= 0.3 is 12.1 Å². The Hall–Kier alpha value is -0.810. The molecule has 0 saturated heterocycles. The zero-order chi connectivity index (χ0) is 13.2.